The Morgan fingerprint density at radius 1 is 1.07 bits per heavy atom. The van der Waals surface area contributed by atoms with Crippen LogP contribution in [0.4, 0.5) is 13.6 Å². The van der Waals surface area contributed by atoms with Crippen molar-refractivity contribution in [3.8, 4) is 0 Å². The molecule has 2 amide bonds. The van der Waals surface area contributed by atoms with Gasteiger partial charge in [0.1, 0.15) is 22.4 Å². The third-order valence-electron chi connectivity index (χ3n) is 5.34. The maximum Gasteiger partial charge on any atom is 0.318 e. The number of nitrogens with one attached hydrogen (secondary N) is 1. The molecule has 2 aliphatic rings. The van der Waals surface area contributed by atoms with Gasteiger partial charge in [-0.3, -0.25) is 4.55 Å². The molecule has 0 bridgehead atoms. The van der Waals surface area contributed by atoms with Crippen LogP contribution >= 0.6 is 0 Å². The molecular weight excluding hydrogens is 414 g/mol. The molecule has 1 heterocycles. The number of nitrogens with zero attached hydrogens (tertiary/aromatic N) is 1. The van der Waals surface area contributed by atoms with E-state index in [9.17, 15) is 22.2 Å². The van der Waals surface area contributed by atoms with Gasteiger partial charge in [0.25, 0.3) is 10.1 Å². The van der Waals surface area contributed by atoms with Gasteiger partial charge < -0.3 is 10.2 Å². The summed E-state index contributed by atoms with van der Waals surface area (Å²) in [5, 5.41) is 1.18. The van der Waals surface area contributed by atoms with E-state index in [-0.39, 0.29) is 29.8 Å². The summed E-state index contributed by atoms with van der Waals surface area (Å²) < 4.78 is 63.2. The highest BCUT2D eigenvalue weighted by Crippen LogP contribution is 2.47. The van der Waals surface area contributed by atoms with Crippen molar-refractivity contribution >= 4 is 21.7 Å². The van der Waals surface area contributed by atoms with Crippen LogP contribution < -0.4 is 5.32 Å². The Kier molecular flexibility index (Phi) is 4.95. The average Bonchev–Trinajstić information content (AvgIpc) is 3.14. The molecule has 1 fully saturated rings. The first kappa shape index (κ1) is 20.2. The van der Waals surface area contributed by atoms with Crippen molar-refractivity contribution in [1.82, 2.24) is 10.2 Å². The van der Waals surface area contributed by atoms with Gasteiger partial charge in [0.05, 0.1) is 0 Å². The monoisotopic (exact) mass is 432 g/mol. The number of carbonyl (C=O) groups excluding carboxylic acids is 1. The van der Waals surface area contributed by atoms with E-state index in [0.29, 0.717) is 0 Å². The third kappa shape index (κ3) is 3.20. The average molecular weight is 432 g/mol. The molecule has 0 saturated carbocycles. The quantitative estimate of drug-likeness (QED) is 0.574. The van der Waals surface area contributed by atoms with Crippen molar-refractivity contribution in [2.45, 2.75) is 10.8 Å². The molecular formula is C21H18F2N2O4S. The van der Waals surface area contributed by atoms with Gasteiger partial charge in [-0.25, -0.2) is 13.6 Å². The molecule has 2 N–H and O–H groups in total. The second kappa shape index (κ2) is 7.33. The third-order valence-corrected chi connectivity index (χ3v) is 6.32. The fourth-order valence-corrected chi connectivity index (χ4v) is 4.61. The lowest BCUT2D eigenvalue weighted by molar-refractivity contribution is 0.189. The number of hydrogen-bond acceptors (Lipinski definition) is 3. The van der Waals surface area contributed by atoms with Gasteiger partial charge in [-0.05, 0) is 17.7 Å². The Hall–Kier alpha value is -3.04. The van der Waals surface area contributed by atoms with Gasteiger partial charge in [0, 0.05) is 24.2 Å². The summed E-state index contributed by atoms with van der Waals surface area (Å²) in [6, 6.07) is 10.9. The minimum Gasteiger partial charge on any atom is -0.336 e. The Bertz CT molecular complexity index is 1180. The minimum absolute atomic E-state index is 0.00143. The first-order chi connectivity index (χ1) is 14.2. The topological polar surface area (TPSA) is 86.7 Å². The largest absolute Gasteiger partial charge is 0.336 e. The van der Waals surface area contributed by atoms with Crippen LogP contribution in [-0.2, 0) is 15.7 Å². The van der Waals surface area contributed by atoms with E-state index in [2.05, 4.69) is 5.32 Å². The standard InChI is InChI=1S/C21H18F2N2O4S/c22-18-7-3-1-5-15(18)17-13-14(30(27,28)29)9-10-21(17,25-12-11-24-20(25)26)16-6-2-4-8-19(16)23/h1-10,13-14H,11-12H2,(H,24,26)(H,27,28,29). The van der Waals surface area contributed by atoms with Crippen LogP contribution in [0.5, 0.6) is 0 Å². The van der Waals surface area contributed by atoms with Crippen molar-refractivity contribution in [2.24, 2.45) is 0 Å². The Morgan fingerprint density at radius 2 is 1.73 bits per heavy atom. The van der Waals surface area contributed by atoms with Gasteiger partial charge in [0.2, 0.25) is 0 Å². The molecule has 156 valence electrons. The molecule has 0 radical (unpaired) electrons. The van der Waals surface area contributed by atoms with Gasteiger partial charge in [-0.2, -0.15) is 8.42 Å². The van der Waals surface area contributed by atoms with Crippen molar-refractivity contribution in [1.29, 1.82) is 0 Å². The van der Waals surface area contributed by atoms with Crippen molar-refractivity contribution in [3.05, 3.63) is 89.5 Å². The molecule has 9 heteroatoms. The zero-order valence-corrected chi connectivity index (χ0v) is 16.4. The van der Waals surface area contributed by atoms with Gasteiger partial charge in [0.15, 0.2) is 0 Å². The molecule has 4 rings (SSSR count). The molecule has 1 aliphatic heterocycles. The van der Waals surface area contributed by atoms with Gasteiger partial charge in [-0.15, -0.1) is 0 Å². The van der Waals surface area contributed by atoms with Crippen LogP contribution in [0.25, 0.3) is 5.57 Å². The van der Waals surface area contributed by atoms with E-state index in [0.717, 1.165) is 6.08 Å². The second-order valence-electron chi connectivity index (χ2n) is 7.03. The molecule has 2 atom stereocenters. The van der Waals surface area contributed by atoms with E-state index in [1.807, 2.05) is 0 Å². The van der Waals surface area contributed by atoms with Crippen LogP contribution in [0, 0.1) is 11.6 Å². The van der Waals surface area contributed by atoms with E-state index < -0.39 is 38.6 Å². The van der Waals surface area contributed by atoms with Gasteiger partial charge >= 0.3 is 6.03 Å². The summed E-state index contributed by atoms with van der Waals surface area (Å²) in [5.74, 6) is -1.32. The number of hydrogen-bond donors (Lipinski definition) is 2. The minimum atomic E-state index is -4.56. The summed E-state index contributed by atoms with van der Waals surface area (Å²) >= 11 is 0. The summed E-state index contributed by atoms with van der Waals surface area (Å²) in [5.41, 5.74) is -1.51. The summed E-state index contributed by atoms with van der Waals surface area (Å²) in [4.78, 5) is 14.0. The van der Waals surface area contributed by atoms with Crippen LogP contribution in [0.15, 0.2) is 66.8 Å². The molecule has 2 unspecified atom stereocenters. The van der Waals surface area contributed by atoms with E-state index in [4.69, 9.17) is 0 Å². The predicted octanol–water partition coefficient (Wildman–Crippen LogP) is 3.10. The molecule has 0 aromatic heterocycles. The lowest BCUT2D eigenvalue weighted by Gasteiger charge is -2.43. The number of halogens is 2. The van der Waals surface area contributed by atoms with Crippen molar-refractivity contribution < 1.29 is 26.5 Å². The lowest BCUT2D eigenvalue weighted by Crippen LogP contribution is -2.49. The second-order valence-corrected chi connectivity index (χ2v) is 8.60. The highest BCUT2D eigenvalue weighted by atomic mass is 32.2. The fourth-order valence-electron chi connectivity index (χ4n) is 4.02. The normalized spacial score (nSPS) is 24.0. The first-order valence-electron chi connectivity index (χ1n) is 9.18. The number of benzene rings is 2. The van der Waals surface area contributed by atoms with E-state index in [1.54, 1.807) is 12.1 Å². The highest BCUT2D eigenvalue weighted by Gasteiger charge is 2.49. The number of carbonyl (C=O) groups is 1. The molecule has 6 nitrogen and oxygen atoms in total. The maximum atomic E-state index is 15.0. The van der Waals surface area contributed by atoms with Crippen molar-refractivity contribution in [2.75, 3.05) is 13.1 Å². The molecule has 1 saturated heterocycles. The number of urea groups is 1. The van der Waals surface area contributed by atoms with Crippen LogP contribution in [-0.4, -0.2) is 42.2 Å². The number of amides is 2. The zero-order valence-electron chi connectivity index (χ0n) is 15.6. The van der Waals surface area contributed by atoms with Crippen LogP contribution in [0.1, 0.15) is 11.1 Å². The smallest absolute Gasteiger partial charge is 0.318 e. The fraction of sp³-hybridized carbons (Fsp3) is 0.190. The Balaban J connectivity index is 2.07. The zero-order chi connectivity index (χ0) is 21.5. The summed E-state index contributed by atoms with van der Waals surface area (Å²) in [6.45, 7) is 0.467. The Labute approximate surface area is 172 Å². The highest BCUT2D eigenvalue weighted by molar-refractivity contribution is 7.86. The van der Waals surface area contributed by atoms with E-state index >= 15 is 4.39 Å². The molecule has 1 aliphatic carbocycles. The Morgan fingerprint density at radius 3 is 2.33 bits per heavy atom. The molecule has 30 heavy (non-hydrogen) atoms. The lowest BCUT2D eigenvalue weighted by atomic mass is 9.74. The first-order valence-corrected chi connectivity index (χ1v) is 10.7. The summed E-state index contributed by atoms with van der Waals surface area (Å²) in [7, 11) is -4.56. The van der Waals surface area contributed by atoms with Gasteiger partial charge in [-0.1, -0.05) is 54.6 Å². The molecule has 2 aromatic carbocycles. The summed E-state index contributed by atoms with van der Waals surface area (Å²) in [6.07, 6.45) is 3.68. The SMILES string of the molecule is O=C1NCCN1C1(c2ccccc2F)C=CC(S(=O)(=O)O)C=C1c1ccccc1F. The van der Waals surface area contributed by atoms with Crippen LogP contribution in [0.2, 0.25) is 0 Å². The van der Waals surface area contributed by atoms with Crippen molar-refractivity contribution in [3.63, 3.8) is 0 Å². The predicted molar refractivity (Wildman–Crippen MR) is 107 cm³/mol. The molecule has 0 spiro atoms. The molecule has 2 aromatic rings. The number of rotatable bonds is 4. The van der Waals surface area contributed by atoms with E-state index in [1.165, 1.54) is 53.5 Å². The maximum absolute atomic E-state index is 15.0. The van der Waals surface area contributed by atoms with Crippen LogP contribution in [0.3, 0.4) is 0 Å².